The Labute approximate surface area is 94.5 Å². The molecular weight excluding hydrogens is 232 g/mol. The van der Waals surface area contributed by atoms with Crippen molar-refractivity contribution in [2.45, 2.75) is 16.3 Å². The van der Waals surface area contributed by atoms with Crippen LogP contribution in [0.25, 0.3) is 0 Å². The van der Waals surface area contributed by atoms with E-state index >= 15 is 0 Å². The molecule has 2 rings (SSSR count). The van der Waals surface area contributed by atoms with Gasteiger partial charge in [-0.1, -0.05) is 0 Å². The molecule has 2 heterocycles. The number of aromatic nitrogens is 4. The summed E-state index contributed by atoms with van der Waals surface area (Å²) in [4.78, 5) is 12.3. The van der Waals surface area contributed by atoms with Crippen molar-refractivity contribution < 1.29 is 0 Å². The van der Waals surface area contributed by atoms with E-state index in [0.29, 0.717) is 5.95 Å². The van der Waals surface area contributed by atoms with Gasteiger partial charge in [0.1, 0.15) is 10.9 Å². The quantitative estimate of drug-likeness (QED) is 0.471. The highest BCUT2D eigenvalue weighted by Gasteiger charge is 2.04. The van der Waals surface area contributed by atoms with Crippen molar-refractivity contribution in [3.05, 3.63) is 18.1 Å². The van der Waals surface area contributed by atoms with Crippen molar-refractivity contribution in [2.24, 2.45) is 5.84 Å². The van der Waals surface area contributed by atoms with Crippen LogP contribution in [0.2, 0.25) is 0 Å². The molecule has 0 amide bonds. The Balaban J connectivity index is 2.16. The zero-order valence-corrected chi connectivity index (χ0v) is 9.47. The first kappa shape index (κ1) is 10.3. The summed E-state index contributed by atoms with van der Waals surface area (Å²) in [7, 11) is 0. The van der Waals surface area contributed by atoms with E-state index in [9.17, 15) is 0 Å². The molecule has 0 bridgehead atoms. The van der Waals surface area contributed by atoms with Crippen LogP contribution in [0.5, 0.6) is 0 Å². The molecule has 0 aliphatic rings. The number of hydrogen-bond acceptors (Lipinski definition) is 8. The van der Waals surface area contributed by atoms with Gasteiger partial charge in [0.2, 0.25) is 5.95 Å². The first-order valence-electron chi connectivity index (χ1n) is 4.06. The highest BCUT2D eigenvalue weighted by Crippen LogP contribution is 2.27. The van der Waals surface area contributed by atoms with Crippen LogP contribution in [-0.4, -0.2) is 19.3 Å². The molecule has 3 N–H and O–H groups in total. The molecule has 0 saturated carbocycles. The maximum absolute atomic E-state index is 5.21. The lowest BCUT2D eigenvalue weighted by atomic mass is 10.7. The van der Waals surface area contributed by atoms with E-state index in [0.717, 1.165) is 15.2 Å². The number of nitrogens with zero attached hydrogens (tertiary/aromatic N) is 4. The van der Waals surface area contributed by atoms with E-state index in [1.807, 2.05) is 6.92 Å². The van der Waals surface area contributed by atoms with E-state index in [1.54, 1.807) is 12.3 Å². The number of nitrogens with one attached hydrogen (secondary N) is 1. The smallest absolute Gasteiger partial charge is 0.238 e. The Morgan fingerprint density at radius 3 is 3.00 bits per heavy atom. The van der Waals surface area contributed by atoms with Crippen molar-refractivity contribution in [2.75, 3.05) is 5.43 Å². The highest BCUT2D eigenvalue weighted by molar-refractivity contribution is 8.00. The van der Waals surface area contributed by atoms with Crippen LogP contribution in [-0.2, 0) is 0 Å². The summed E-state index contributed by atoms with van der Waals surface area (Å²) in [5.41, 5.74) is 2.39. The molecule has 2 aromatic rings. The average molecular weight is 240 g/mol. The molecule has 6 nitrogen and oxygen atoms in total. The Bertz CT molecular complexity index is 456. The number of rotatable bonds is 3. The number of hydrazine groups is 1. The predicted octanol–water partition coefficient (Wildman–Crippen LogP) is 1.07. The van der Waals surface area contributed by atoms with Gasteiger partial charge in [-0.2, -0.15) is 4.37 Å². The monoisotopic (exact) mass is 240 g/mol. The van der Waals surface area contributed by atoms with Gasteiger partial charge in [0, 0.05) is 6.20 Å². The molecule has 0 saturated heterocycles. The summed E-state index contributed by atoms with van der Waals surface area (Å²) in [5.74, 6) is 6.37. The van der Waals surface area contributed by atoms with Gasteiger partial charge in [0.25, 0.3) is 0 Å². The van der Waals surface area contributed by atoms with Crippen LogP contribution in [0.15, 0.2) is 21.6 Å². The molecule has 0 spiro atoms. The number of hydrogen-bond donors (Lipinski definition) is 2. The van der Waals surface area contributed by atoms with Gasteiger partial charge in [0.15, 0.2) is 4.34 Å². The molecule has 0 radical (unpaired) electrons. The van der Waals surface area contributed by atoms with Gasteiger partial charge in [-0.15, -0.1) is 0 Å². The third kappa shape index (κ3) is 2.61. The largest absolute Gasteiger partial charge is 0.292 e. The zero-order chi connectivity index (χ0) is 10.7. The lowest BCUT2D eigenvalue weighted by Crippen LogP contribution is -2.10. The maximum atomic E-state index is 5.21. The van der Waals surface area contributed by atoms with Gasteiger partial charge in [0.05, 0.1) is 0 Å². The van der Waals surface area contributed by atoms with Gasteiger partial charge in [-0.05, 0) is 36.3 Å². The molecule has 0 aliphatic carbocycles. The first-order chi connectivity index (χ1) is 7.28. The lowest BCUT2D eigenvalue weighted by Gasteiger charge is -1.99. The van der Waals surface area contributed by atoms with Gasteiger partial charge in [-0.25, -0.2) is 20.8 Å². The first-order valence-corrected chi connectivity index (χ1v) is 5.65. The molecule has 0 unspecified atom stereocenters. The summed E-state index contributed by atoms with van der Waals surface area (Å²) in [6.45, 7) is 1.85. The molecule has 0 aromatic carbocycles. The summed E-state index contributed by atoms with van der Waals surface area (Å²) < 4.78 is 4.94. The SMILES string of the molecule is Cc1nsc(Sc2ccnc(NN)n2)n1. The van der Waals surface area contributed by atoms with Gasteiger partial charge in [-0.3, -0.25) is 5.43 Å². The van der Waals surface area contributed by atoms with Crippen LogP contribution in [0.3, 0.4) is 0 Å². The summed E-state index contributed by atoms with van der Waals surface area (Å²) in [5, 5.41) is 0.786. The Morgan fingerprint density at radius 2 is 2.33 bits per heavy atom. The molecule has 0 atom stereocenters. The molecule has 8 heteroatoms. The van der Waals surface area contributed by atoms with E-state index in [4.69, 9.17) is 5.84 Å². The number of aryl methyl sites for hydroxylation is 1. The van der Waals surface area contributed by atoms with Crippen molar-refractivity contribution in [3.63, 3.8) is 0 Å². The third-order valence-corrected chi connectivity index (χ3v) is 3.24. The van der Waals surface area contributed by atoms with Crippen molar-refractivity contribution in [1.82, 2.24) is 19.3 Å². The van der Waals surface area contributed by atoms with Crippen molar-refractivity contribution in [1.29, 1.82) is 0 Å². The normalized spacial score (nSPS) is 10.3. The predicted molar refractivity (Wildman–Crippen MR) is 58.6 cm³/mol. The zero-order valence-electron chi connectivity index (χ0n) is 7.84. The molecule has 2 aromatic heterocycles. The fraction of sp³-hybridized carbons (Fsp3) is 0.143. The van der Waals surface area contributed by atoms with Crippen LogP contribution >= 0.6 is 23.3 Å². The average Bonchev–Trinajstić information content (AvgIpc) is 2.64. The van der Waals surface area contributed by atoms with E-state index in [2.05, 4.69) is 24.8 Å². The van der Waals surface area contributed by atoms with E-state index < -0.39 is 0 Å². The molecular formula is C7H8N6S2. The minimum atomic E-state index is 0.390. The standard InChI is InChI=1S/C7H8N6S2/c1-4-10-7(15-13-4)14-5-2-3-9-6(11-5)12-8/h2-3H,8H2,1H3,(H,9,11,12). The van der Waals surface area contributed by atoms with Crippen molar-refractivity contribution >= 4 is 29.2 Å². The van der Waals surface area contributed by atoms with Crippen LogP contribution in [0.4, 0.5) is 5.95 Å². The Hall–Kier alpha value is -1.25. The fourth-order valence-electron chi connectivity index (χ4n) is 0.877. The minimum absolute atomic E-state index is 0.390. The van der Waals surface area contributed by atoms with E-state index in [-0.39, 0.29) is 0 Å². The van der Waals surface area contributed by atoms with Crippen molar-refractivity contribution in [3.8, 4) is 0 Å². The molecule has 15 heavy (non-hydrogen) atoms. The summed E-state index contributed by atoms with van der Waals surface area (Å²) >= 11 is 2.78. The lowest BCUT2D eigenvalue weighted by molar-refractivity contribution is 1.02. The maximum Gasteiger partial charge on any atom is 0.238 e. The molecule has 78 valence electrons. The molecule has 0 aliphatic heterocycles. The minimum Gasteiger partial charge on any atom is -0.292 e. The Kier molecular flexibility index (Phi) is 3.09. The second kappa shape index (κ2) is 4.51. The topological polar surface area (TPSA) is 89.6 Å². The second-order valence-electron chi connectivity index (χ2n) is 2.57. The van der Waals surface area contributed by atoms with Crippen LogP contribution in [0, 0.1) is 6.92 Å². The van der Waals surface area contributed by atoms with Gasteiger partial charge < -0.3 is 0 Å². The fourth-order valence-corrected chi connectivity index (χ4v) is 2.44. The Morgan fingerprint density at radius 1 is 1.47 bits per heavy atom. The van der Waals surface area contributed by atoms with Crippen LogP contribution in [0.1, 0.15) is 5.82 Å². The summed E-state index contributed by atoms with van der Waals surface area (Å²) in [6, 6.07) is 1.79. The number of anilines is 1. The van der Waals surface area contributed by atoms with Gasteiger partial charge >= 0.3 is 0 Å². The molecule has 0 fully saturated rings. The third-order valence-electron chi connectivity index (χ3n) is 1.46. The number of nitrogens with two attached hydrogens (primary N) is 1. The summed E-state index contributed by atoms with van der Waals surface area (Å²) in [6.07, 6.45) is 1.64. The number of nitrogen functional groups attached to an aromatic ring is 1. The second-order valence-corrected chi connectivity index (χ2v) is 4.59. The van der Waals surface area contributed by atoms with E-state index in [1.165, 1.54) is 23.3 Å². The highest BCUT2D eigenvalue weighted by atomic mass is 32.2. The van der Waals surface area contributed by atoms with Crippen LogP contribution < -0.4 is 11.3 Å².